The highest BCUT2D eigenvalue weighted by atomic mass is 19.4. The summed E-state index contributed by atoms with van der Waals surface area (Å²) in [6.07, 6.45) is -4.79. The van der Waals surface area contributed by atoms with Crippen LogP contribution in [0.15, 0.2) is 33.9 Å². The van der Waals surface area contributed by atoms with E-state index in [-0.39, 0.29) is 17.0 Å². The van der Waals surface area contributed by atoms with Crippen molar-refractivity contribution in [3.8, 4) is 0 Å². The molecule has 0 aliphatic rings. The van der Waals surface area contributed by atoms with Crippen LogP contribution in [0, 0.1) is 12.7 Å². The summed E-state index contributed by atoms with van der Waals surface area (Å²) in [6.45, 7) is 1.01. The number of rotatable bonds is 2. The van der Waals surface area contributed by atoms with Crippen molar-refractivity contribution >= 4 is 17.0 Å². The number of hydrogen-bond acceptors (Lipinski definition) is 3. The van der Waals surface area contributed by atoms with Crippen LogP contribution >= 0.6 is 0 Å². The number of nitrogens with zero attached hydrogens (tertiary/aromatic N) is 1. The Hall–Kier alpha value is -3.04. The van der Waals surface area contributed by atoms with Gasteiger partial charge in [-0.3, -0.25) is 14.7 Å². The molecule has 0 radical (unpaired) electrons. The van der Waals surface area contributed by atoms with Gasteiger partial charge in [-0.25, -0.2) is 4.39 Å². The lowest BCUT2D eigenvalue weighted by Crippen LogP contribution is -2.25. The van der Waals surface area contributed by atoms with Crippen LogP contribution in [-0.2, 0) is 6.18 Å². The van der Waals surface area contributed by atoms with E-state index in [1.807, 2.05) is 0 Å². The minimum atomic E-state index is -4.79. The van der Waals surface area contributed by atoms with Crippen molar-refractivity contribution in [1.82, 2.24) is 14.6 Å². The van der Waals surface area contributed by atoms with E-state index >= 15 is 0 Å². The van der Waals surface area contributed by atoms with Crippen molar-refractivity contribution in [3.05, 3.63) is 62.0 Å². The van der Waals surface area contributed by atoms with E-state index in [1.165, 1.54) is 12.1 Å². The molecule has 3 rings (SSSR count). The number of hydrogen-bond donors (Lipinski definition) is 3. The fourth-order valence-corrected chi connectivity index (χ4v) is 2.27. The molecule has 3 aromatic rings. The quantitative estimate of drug-likeness (QED) is 0.626. The van der Waals surface area contributed by atoms with Crippen LogP contribution in [0.4, 0.5) is 28.9 Å². The molecule has 0 atom stereocenters. The molecule has 0 saturated carbocycles. The van der Waals surface area contributed by atoms with Gasteiger partial charge in [0.05, 0.1) is 0 Å². The molecule has 0 aliphatic carbocycles. The molecule has 0 fully saturated rings. The van der Waals surface area contributed by atoms with Gasteiger partial charge in [0.25, 0.3) is 11.1 Å². The molecule has 0 unspecified atom stereocenters. The maximum atomic E-state index is 13.0. The minimum Gasteiger partial charge on any atom is -0.348 e. The summed E-state index contributed by atoms with van der Waals surface area (Å²) in [5, 5.41) is 4.74. The number of aromatic amines is 2. The fourth-order valence-electron chi connectivity index (χ4n) is 2.27. The Morgan fingerprint density at radius 1 is 1.12 bits per heavy atom. The monoisotopic (exact) mass is 342 g/mol. The molecule has 0 saturated heterocycles. The normalized spacial score (nSPS) is 11.9. The highest BCUT2D eigenvalue weighted by Gasteiger charge is 2.35. The summed E-state index contributed by atoms with van der Waals surface area (Å²) in [7, 11) is 0. The van der Waals surface area contributed by atoms with Crippen LogP contribution < -0.4 is 16.4 Å². The molecule has 0 aliphatic heterocycles. The lowest BCUT2D eigenvalue weighted by Gasteiger charge is -2.11. The van der Waals surface area contributed by atoms with Gasteiger partial charge in [0.1, 0.15) is 17.2 Å². The first-order chi connectivity index (χ1) is 11.2. The van der Waals surface area contributed by atoms with Crippen LogP contribution in [0.3, 0.4) is 0 Å². The number of benzene rings is 1. The second kappa shape index (κ2) is 5.25. The predicted molar refractivity (Wildman–Crippen MR) is 78.1 cm³/mol. The number of anilines is 2. The van der Waals surface area contributed by atoms with E-state index in [9.17, 15) is 27.2 Å². The number of nitrogens with one attached hydrogen (secondary N) is 3. The third-order valence-corrected chi connectivity index (χ3v) is 3.44. The van der Waals surface area contributed by atoms with E-state index < -0.39 is 34.4 Å². The van der Waals surface area contributed by atoms with Crippen LogP contribution in [0.5, 0.6) is 0 Å². The Labute approximate surface area is 130 Å². The summed E-state index contributed by atoms with van der Waals surface area (Å²) in [6, 6.07) is 4.83. The third-order valence-electron chi connectivity index (χ3n) is 3.44. The van der Waals surface area contributed by atoms with E-state index in [0.29, 0.717) is 4.52 Å². The summed E-state index contributed by atoms with van der Waals surface area (Å²) in [4.78, 5) is 26.1. The van der Waals surface area contributed by atoms with Crippen LogP contribution in [0.2, 0.25) is 0 Å². The van der Waals surface area contributed by atoms with Gasteiger partial charge in [0.2, 0.25) is 0 Å². The average molecular weight is 342 g/mol. The zero-order chi connectivity index (χ0) is 17.6. The van der Waals surface area contributed by atoms with Crippen LogP contribution in [0.1, 0.15) is 11.3 Å². The van der Waals surface area contributed by atoms with Crippen LogP contribution in [0.25, 0.3) is 5.65 Å². The van der Waals surface area contributed by atoms with E-state index in [0.717, 1.165) is 19.1 Å². The number of aromatic nitrogens is 3. The molecular weight excluding hydrogens is 332 g/mol. The molecule has 0 amide bonds. The highest BCUT2D eigenvalue weighted by molar-refractivity contribution is 5.73. The Kier molecular flexibility index (Phi) is 3.47. The SMILES string of the molecule is Cc1c(C(F)(F)F)[nH]c2c(Nc3ccc(F)cc3)c(=O)[nH]n2c1=O. The Morgan fingerprint density at radius 2 is 1.75 bits per heavy atom. The van der Waals surface area contributed by atoms with Crippen molar-refractivity contribution in [2.45, 2.75) is 13.1 Å². The van der Waals surface area contributed by atoms with Crippen molar-refractivity contribution in [2.24, 2.45) is 0 Å². The van der Waals surface area contributed by atoms with Crippen LogP contribution in [-0.4, -0.2) is 14.6 Å². The average Bonchev–Trinajstić information content (AvgIpc) is 2.81. The van der Waals surface area contributed by atoms with E-state index in [2.05, 4.69) is 15.4 Å². The first kappa shape index (κ1) is 15.8. The van der Waals surface area contributed by atoms with Gasteiger partial charge in [-0.05, 0) is 31.2 Å². The molecule has 0 bridgehead atoms. The Bertz CT molecular complexity index is 1030. The smallest absolute Gasteiger partial charge is 0.348 e. The molecule has 6 nitrogen and oxygen atoms in total. The second-order valence-corrected chi connectivity index (χ2v) is 5.06. The lowest BCUT2D eigenvalue weighted by molar-refractivity contribution is -0.141. The maximum absolute atomic E-state index is 13.0. The zero-order valence-electron chi connectivity index (χ0n) is 12.1. The number of H-pyrrole nitrogens is 2. The van der Waals surface area contributed by atoms with E-state index in [4.69, 9.17) is 0 Å². The van der Waals surface area contributed by atoms with Gasteiger partial charge >= 0.3 is 6.18 Å². The fraction of sp³-hybridized carbons (Fsp3) is 0.143. The van der Waals surface area contributed by atoms with E-state index in [1.54, 1.807) is 0 Å². The number of halogens is 4. The van der Waals surface area contributed by atoms with Gasteiger partial charge < -0.3 is 10.3 Å². The predicted octanol–water partition coefficient (Wildman–Crippen LogP) is 2.53. The molecule has 0 spiro atoms. The lowest BCUT2D eigenvalue weighted by atomic mass is 10.2. The molecular formula is C14H10F4N4O2. The van der Waals surface area contributed by atoms with Gasteiger partial charge in [-0.2, -0.15) is 17.7 Å². The first-order valence-electron chi connectivity index (χ1n) is 6.66. The molecule has 3 N–H and O–H groups in total. The van der Waals surface area contributed by atoms with Gasteiger partial charge in [0, 0.05) is 11.3 Å². The molecule has 10 heteroatoms. The largest absolute Gasteiger partial charge is 0.431 e. The Balaban J connectivity index is 2.23. The van der Waals surface area contributed by atoms with Crippen molar-refractivity contribution in [3.63, 3.8) is 0 Å². The third kappa shape index (κ3) is 2.55. The van der Waals surface area contributed by atoms with Gasteiger partial charge in [-0.15, -0.1) is 0 Å². The Morgan fingerprint density at radius 3 is 2.33 bits per heavy atom. The summed E-state index contributed by atoms with van der Waals surface area (Å²) < 4.78 is 52.7. The molecule has 2 heterocycles. The molecule has 24 heavy (non-hydrogen) atoms. The summed E-state index contributed by atoms with van der Waals surface area (Å²) in [5.41, 5.74) is -4.00. The molecule has 126 valence electrons. The summed E-state index contributed by atoms with van der Waals surface area (Å²) in [5.74, 6) is -0.514. The topological polar surface area (TPSA) is 82.2 Å². The number of fused-ring (bicyclic) bond motifs is 1. The summed E-state index contributed by atoms with van der Waals surface area (Å²) >= 11 is 0. The second-order valence-electron chi connectivity index (χ2n) is 5.06. The standard InChI is InChI=1S/C14H10F4N4O2/c1-6-10(14(16,17)18)20-11-9(12(23)21-22(11)13(6)24)19-8-4-2-7(15)3-5-8/h2-5,19-20H,1H3,(H,21,23). The van der Waals surface area contributed by atoms with Gasteiger partial charge in [0.15, 0.2) is 5.65 Å². The number of alkyl halides is 3. The van der Waals surface area contributed by atoms with Crippen molar-refractivity contribution in [2.75, 3.05) is 5.32 Å². The van der Waals surface area contributed by atoms with Crippen molar-refractivity contribution < 1.29 is 17.6 Å². The van der Waals surface area contributed by atoms with Crippen molar-refractivity contribution in [1.29, 1.82) is 0 Å². The zero-order valence-corrected chi connectivity index (χ0v) is 12.1. The maximum Gasteiger partial charge on any atom is 0.431 e. The molecule has 2 aromatic heterocycles. The first-order valence-corrected chi connectivity index (χ1v) is 6.66. The van der Waals surface area contributed by atoms with Gasteiger partial charge in [-0.1, -0.05) is 0 Å². The minimum absolute atomic E-state index is 0.269. The highest BCUT2D eigenvalue weighted by Crippen LogP contribution is 2.30. The molecule has 1 aromatic carbocycles.